The average molecular weight is 245 g/mol. The minimum atomic E-state index is -0.241. The monoisotopic (exact) mass is 245 g/mol. The first kappa shape index (κ1) is 11.1. The number of fused-ring (bicyclic) bond motifs is 1. The van der Waals surface area contributed by atoms with Crippen LogP contribution in [0.4, 0.5) is 0 Å². The molecule has 2 N–H and O–H groups in total. The van der Waals surface area contributed by atoms with Gasteiger partial charge in [0.05, 0.1) is 5.52 Å². The summed E-state index contributed by atoms with van der Waals surface area (Å²) in [5.74, 6) is -0.421. The summed E-state index contributed by atoms with van der Waals surface area (Å²) >= 11 is 0. The quantitative estimate of drug-likeness (QED) is 0.798. The van der Waals surface area contributed by atoms with Gasteiger partial charge in [0.25, 0.3) is 0 Å². The van der Waals surface area contributed by atoms with Crippen LogP contribution in [0.5, 0.6) is 11.5 Å². The Morgan fingerprint density at radius 1 is 1.28 bits per heavy atom. The fraction of sp³-hybridized carbons (Fsp3) is 0.357. The van der Waals surface area contributed by atoms with E-state index in [2.05, 4.69) is 4.57 Å². The van der Waals surface area contributed by atoms with E-state index in [1.807, 2.05) is 13.1 Å². The molecule has 1 aliphatic rings. The lowest BCUT2D eigenvalue weighted by Crippen LogP contribution is -2.13. The van der Waals surface area contributed by atoms with Gasteiger partial charge in [0.2, 0.25) is 0 Å². The summed E-state index contributed by atoms with van der Waals surface area (Å²) in [5.41, 5.74) is 1.40. The van der Waals surface area contributed by atoms with Crippen LogP contribution < -0.4 is 5.43 Å². The number of aromatic nitrogens is 1. The second kappa shape index (κ2) is 3.77. The largest absolute Gasteiger partial charge is 0.504 e. The topological polar surface area (TPSA) is 62.5 Å². The van der Waals surface area contributed by atoms with Crippen molar-refractivity contribution in [2.75, 3.05) is 0 Å². The molecule has 0 amide bonds. The Hall–Kier alpha value is -1.97. The molecule has 1 aromatic carbocycles. The van der Waals surface area contributed by atoms with Gasteiger partial charge in [0.1, 0.15) is 0 Å². The van der Waals surface area contributed by atoms with Gasteiger partial charge in [-0.2, -0.15) is 0 Å². The normalized spacial score (nSPS) is 15.2. The van der Waals surface area contributed by atoms with Crippen LogP contribution in [0.1, 0.15) is 31.4 Å². The molecule has 0 spiro atoms. The van der Waals surface area contributed by atoms with E-state index in [9.17, 15) is 15.0 Å². The third-order valence-corrected chi connectivity index (χ3v) is 3.52. The van der Waals surface area contributed by atoms with Crippen molar-refractivity contribution in [1.29, 1.82) is 0 Å². The number of hydrogen-bond acceptors (Lipinski definition) is 3. The second-order valence-electron chi connectivity index (χ2n) is 4.83. The number of phenolic OH excluding ortho intramolecular Hbond substituents is 2. The molecule has 1 heterocycles. The van der Waals surface area contributed by atoms with Crippen molar-refractivity contribution in [3.8, 4) is 11.5 Å². The summed E-state index contributed by atoms with van der Waals surface area (Å²) < 4.78 is 2.05. The molecule has 4 heteroatoms. The van der Waals surface area contributed by atoms with Gasteiger partial charge in [-0.25, -0.2) is 0 Å². The summed E-state index contributed by atoms with van der Waals surface area (Å²) in [6.45, 7) is 1.94. The molecule has 0 aliphatic heterocycles. The summed E-state index contributed by atoms with van der Waals surface area (Å²) in [5, 5.41) is 19.6. The van der Waals surface area contributed by atoms with Crippen molar-refractivity contribution < 1.29 is 10.2 Å². The Bertz CT molecular complexity index is 683. The zero-order chi connectivity index (χ0) is 12.9. The SMILES string of the molecule is CCc1cn(C2CC2)c2cc(O)c(O)cc2c1=O. The number of pyridine rings is 1. The fourth-order valence-electron chi connectivity index (χ4n) is 2.34. The van der Waals surface area contributed by atoms with E-state index in [4.69, 9.17) is 0 Å². The smallest absolute Gasteiger partial charge is 0.192 e. The molecule has 1 aromatic heterocycles. The third kappa shape index (κ3) is 1.56. The number of hydrogen-bond donors (Lipinski definition) is 2. The second-order valence-corrected chi connectivity index (χ2v) is 4.83. The molecule has 0 bridgehead atoms. The molecule has 1 saturated carbocycles. The molecule has 94 valence electrons. The molecule has 0 atom stereocenters. The lowest BCUT2D eigenvalue weighted by atomic mass is 10.1. The summed E-state index contributed by atoms with van der Waals surface area (Å²) in [6.07, 6.45) is 4.76. The first-order valence-electron chi connectivity index (χ1n) is 6.21. The van der Waals surface area contributed by atoms with Gasteiger partial charge in [-0.05, 0) is 25.3 Å². The Morgan fingerprint density at radius 3 is 2.56 bits per heavy atom. The highest BCUT2D eigenvalue weighted by molar-refractivity contribution is 5.83. The van der Waals surface area contributed by atoms with Crippen molar-refractivity contribution in [3.05, 3.63) is 34.1 Å². The Balaban J connectivity index is 2.42. The molecule has 0 saturated heterocycles. The predicted octanol–water partition coefficient (Wildman–Crippen LogP) is 2.31. The van der Waals surface area contributed by atoms with E-state index in [-0.39, 0.29) is 16.9 Å². The summed E-state index contributed by atoms with van der Waals surface area (Å²) in [6, 6.07) is 3.26. The highest BCUT2D eigenvalue weighted by Crippen LogP contribution is 2.38. The van der Waals surface area contributed by atoms with Crippen LogP contribution >= 0.6 is 0 Å². The molecule has 0 radical (unpaired) electrons. The molecule has 2 aromatic rings. The van der Waals surface area contributed by atoms with Gasteiger partial charge < -0.3 is 14.8 Å². The summed E-state index contributed by atoms with van der Waals surface area (Å²) in [4.78, 5) is 12.2. The minimum absolute atomic E-state index is 0.0558. The minimum Gasteiger partial charge on any atom is -0.504 e. The van der Waals surface area contributed by atoms with Gasteiger partial charge in [0.15, 0.2) is 16.9 Å². The predicted molar refractivity (Wildman–Crippen MR) is 69.2 cm³/mol. The van der Waals surface area contributed by atoms with Gasteiger partial charge in [-0.1, -0.05) is 6.92 Å². The van der Waals surface area contributed by atoms with E-state index < -0.39 is 0 Å². The lowest BCUT2D eigenvalue weighted by molar-refractivity contribution is 0.404. The van der Waals surface area contributed by atoms with Crippen LogP contribution in [-0.4, -0.2) is 14.8 Å². The molecule has 0 unspecified atom stereocenters. The molecule has 18 heavy (non-hydrogen) atoms. The summed E-state index contributed by atoms with van der Waals surface area (Å²) in [7, 11) is 0. The number of phenols is 2. The van der Waals surface area contributed by atoms with Crippen molar-refractivity contribution in [1.82, 2.24) is 4.57 Å². The maximum atomic E-state index is 12.2. The zero-order valence-corrected chi connectivity index (χ0v) is 10.2. The molecule has 1 aliphatic carbocycles. The standard InChI is InChI=1S/C14H15NO3/c1-2-8-7-15(9-3-4-9)11-6-13(17)12(16)5-10(11)14(8)18/h5-7,9,16-17H,2-4H2,1H3. The molecular formula is C14H15NO3. The van der Waals surface area contributed by atoms with Crippen LogP contribution in [0.15, 0.2) is 23.1 Å². The number of rotatable bonds is 2. The highest BCUT2D eigenvalue weighted by atomic mass is 16.3. The maximum absolute atomic E-state index is 12.2. The molecule has 3 rings (SSSR count). The van der Waals surface area contributed by atoms with Crippen LogP contribution in [-0.2, 0) is 6.42 Å². The average Bonchev–Trinajstić information content (AvgIpc) is 3.17. The Morgan fingerprint density at radius 2 is 1.94 bits per heavy atom. The van der Waals surface area contributed by atoms with Gasteiger partial charge >= 0.3 is 0 Å². The first-order valence-corrected chi connectivity index (χ1v) is 6.21. The molecule has 4 nitrogen and oxygen atoms in total. The van der Waals surface area contributed by atoms with Crippen LogP contribution in [0.3, 0.4) is 0 Å². The Labute approximate surface area is 104 Å². The highest BCUT2D eigenvalue weighted by Gasteiger charge is 2.25. The van der Waals surface area contributed by atoms with Crippen LogP contribution in [0.25, 0.3) is 10.9 Å². The van der Waals surface area contributed by atoms with Gasteiger partial charge in [-0.3, -0.25) is 4.79 Å². The number of nitrogens with zero attached hydrogens (tertiary/aromatic N) is 1. The van der Waals surface area contributed by atoms with Gasteiger partial charge in [0, 0.05) is 29.3 Å². The van der Waals surface area contributed by atoms with Gasteiger partial charge in [-0.15, -0.1) is 0 Å². The van der Waals surface area contributed by atoms with Crippen molar-refractivity contribution in [2.45, 2.75) is 32.2 Å². The molecular weight excluding hydrogens is 230 g/mol. The van der Waals surface area contributed by atoms with Crippen molar-refractivity contribution >= 4 is 10.9 Å². The number of aromatic hydroxyl groups is 2. The van der Waals surface area contributed by atoms with E-state index in [1.165, 1.54) is 12.1 Å². The zero-order valence-electron chi connectivity index (χ0n) is 10.2. The van der Waals surface area contributed by atoms with E-state index in [0.29, 0.717) is 23.4 Å². The van der Waals surface area contributed by atoms with Crippen molar-refractivity contribution in [2.24, 2.45) is 0 Å². The van der Waals surface area contributed by atoms with E-state index >= 15 is 0 Å². The van der Waals surface area contributed by atoms with E-state index in [1.54, 1.807) is 0 Å². The first-order chi connectivity index (χ1) is 8.61. The maximum Gasteiger partial charge on any atom is 0.192 e. The Kier molecular flexibility index (Phi) is 2.33. The lowest BCUT2D eigenvalue weighted by Gasteiger charge is -2.13. The number of aryl methyl sites for hydroxylation is 1. The fourth-order valence-corrected chi connectivity index (χ4v) is 2.34. The van der Waals surface area contributed by atoms with Crippen LogP contribution in [0.2, 0.25) is 0 Å². The van der Waals surface area contributed by atoms with E-state index in [0.717, 1.165) is 18.4 Å². The third-order valence-electron chi connectivity index (χ3n) is 3.52. The van der Waals surface area contributed by atoms with Crippen molar-refractivity contribution in [3.63, 3.8) is 0 Å². The number of benzene rings is 1. The molecule has 1 fully saturated rings. The van der Waals surface area contributed by atoms with Crippen LogP contribution in [0, 0.1) is 0 Å².